The Labute approximate surface area is 189 Å². The number of imidazole rings is 1. The number of amides is 1. The van der Waals surface area contributed by atoms with Crippen LogP contribution in [0, 0.1) is 13.8 Å². The van der Waals surface area contributed by atoms with Gasteiger partial charge in [-0.2, -0.15) is 0 Å². The van der Waals surface area contributed by atoms with Crippen molar-refractivity contribution in [2.45, 2.75) is 32.9 Å². The number of methoxy groups -OCH3 is 1. The van der Waals surface area contributed by atoms with Gasteiger partial charge < -0.3 is 28.7 Å². The third kappa shape index (κ3) is 3.84. The van der Waals surface area contributed by atoms with Crippen molar-refractivity contribution in [3.8, 4) is 0 Å². The molecule has 2 N–H and O–H groups in total. The smallest absolute Gasteiger partial charge is 0.354 e. The average molecular weight is 452 g/mol. The maximum Gasteiger partial charge on any atom is 0.354 e. The Morgan fingerprint density at radius 3 is 2.73 bits per heavy atom. The Kier molecular flexibility index (Phi) is 5.91. The Bertz CT molecular complexity index is 1220. The number of aryl methyl sites for hydroxylation is 2. The fraction of sp³-hybridized carbons (Fsp3) is 0.304. The summed E-state index contributed by atoms with van der Waals surface area (Å²) in [4.78, 5) is 46.4. The quantitative estimate of drug-likeness (QED) is 0.244. The lowest BCUT2D eigenvalue weighted by Gasteiger charge is -2.23. The summed E-state index contributed by atoms with van der Waals surface area (Å²) in [5.41, 5.74) is 1.25. The first-order valence-corrected chi connectivity index (χ1v) is 10.4. The molecule has 4 heterocycles. The number of nitrogens with zero attached hydrogens (tertiary/aromatic N) is 3. The number of aliphatic hydroxyl groups is 1. The van der Waals surface area contributed by atoms with Crippen molar-refractivity contribution in [2.75, 3.05) is 13.7 Å². The van der Waals surface area contributed by atoms with Crippen molar-refractivity contribution in [1.82, 2.24) is 19.4 Å². The number of rotatable bonds is 7. The highest BCUT2D eigenvalue weighted by atomic mass is 16.5. The lowest BCUT2D eigenvalue weighted by Crippen LogP contribution is -2.31. The van der Waals surface area contributed by atoms with E-state index in [4.69, 9.17) is 9.15 Å². The number of hydrogen-bond acceptors (Lipinski definition) is 7. The third-order valence-corrected chi connectivity index (χ3v) is 5.79. The van der Waals surface area contributed by atoms with Crippen LogP contribution in [0.5, 0.6) is 0 Å². The third-order valence-electron chi connectivity index (χ3n) is 5.79. The minimum Gasteiger partial charge on any atom is -0.507 e. The summed E-state index contributed by atoms with van der Waals surface area (Å²) in [6.07, 6.45) is 7.17. The van der Waals surface area contributed by atoms with Crippen molar-refractivity contribution < 1.29 is 28.6 Å². The summed E-state index contributed by atoms with van der Waals surface area (Å²) in [5.74, 6) is -2.14. The standard InChI is InChI=1S/C23H24N4O6/c1-13-16(14(2)25-18(13)23(31)32-3)20(28)17-19(15-6-4-11-33-15)27(22(30)21(17)29)9-5-8-26-10-7-24-12-26/h4,6-7,10-12,19,25,28H,5,8-9H2,1-3H3/t19-/m0/s1. The van der Waals surface area contributed by atoms with E-state index < -0.39 is 23.7 Å². The van der Waals surface area contributed by atoms with Crippen LogP contribution >= 0.6 is 0 Å². The molecule has 10 nitrogen and oxygen atoms in total. The van der Waals surface area contributed by atoms with E-state index in [9.17, 15) is 19.5 Å². The first-order valence-electron chi connectivity index (χ1n) is 10.4. The van der Waals surface area contributed by atoms with Gasteiger partial charge in [0.25, 0.3) is 11.7 Å². The van der Waals surface area contributed by atoms with E-state index >= 15 is 0 Å². The molecule has 1 aliphatic rings. The summed E-state index contributed by atoms with van der Waals surface area (Å²) < 4.78 is 12.2. The van der Waals surface area contributed by atoms with Gasteiger partial charge in [-0.3, -0.25) is 9.59 Å². The van der Waals surface area contributed by atoms with Gasteiger partial charge in [0, 0.05) is 36.7 Å². The van der Waals surface area contributed by atoms with Gasteiger partial charge in [0.05, 0.1) is 25.3 Å². The number of carbonyl (C=O) groups excluding carboxylic acids is 3. The van der Waals surface area contributed by atoms with E-state index in [1.165, 1.54) is 18.3 Å². The van der Waals surface area contributed by atoms with Crippen LogP contribution < -0.4 is 0 Å². The number of aliphatic hydroxyl groups excluding tert-OH is 1. The number of Topliss-reactive ketones (excluding diaryl/α,β-unsaturated/α-hetero) is 1. The summed E-state index contributed by atoms with van der Waals surface area (Å²) >= 11 is 0. The van der Waals surface area contributed by atoms with Crippen molar-refractivity contribution >= 4 is 23.4 Å². The maximum atomic E-state index is 13.1. The predicted molar refractivity (Wildman–Crippen MR) is 116 cm³/mol. The molecular formula is C23H24N4O6. The minimum atomic E-state index is -0.891. The van der Waals surface area contributed by atoms with Crippen molar-refractivity contribution in [2.24, 2.45) is 0 Å². The van der Waals surface area contributed by atoms with Gasteiger partial charge in [-0.15, -0.1) is 0 Å². The average Bonchev–Trinajstić information content (AvgIpc) is 3.58. The van der Waals surface area contributed by atoms with E-state index in [2.05, 4.69) is 9.97 Å². The zero-order valence-corrected chi connectivity index (χ0v) is 18.5. The molecule has 0 aliphatic carbocycles. The number of hydrogen-bond donors (Lipinski definition) is 2. The lowest BCUT2D eigenvalue weighted by molar-refractivity contribution is -0.140. The molecule has 3 aromatic rings. The zero-order valence-electron chi connectivity index (χ0n) is 18.5. The number of carbonyl (C=O) groups is 3. The molecule has 1 amide bonds. The molecule has 1 aliphatic heterocycles. The second kappa shape index (κ2) is 8.81. The molecule has 1 fully saturated rings. The highest BCUT2D eigenvalue weighted by Crippen LogP contribution is 2.41. The fourth-order valence-corrected chi connectivity index (χ4v) is 4.24. The fourth-order valence-electron chi connectivity index (χ4n) is 4.24. The van der Waals surface area contributed by atoms with Crippen LogP contribution in [0.15, 0.2) is 47.1 Å². The molecule has 0 spiro atoms. The van der Waals surface area contributed by atoms with Crippen LogP contribution in [-0.4, -0.2) is 55.9 Å². The van der Waals surface area contributed by atoms with Crippen molar-refractivity contribution in [1.29, 1.82) is 0 Å². The minimum absolute atomic E-state index is 0.0841. The normalized spacial score (nSPS) is 17.7. The molecular weight excluding hydrogens is 428 g/mol. The number of esters is 1. The summed E-state index contributed by atoms with van der Waals surface area (Å²) in [7, 11) is 1.25. The molecule has 33 heavy (non-hydrogen) atoms. The summed E-state index contributed by atoms with van der Waals surface area (Å²) in [6.45, 7) is 4.17. The van der Waals surface area contributed by atoms with E-state index in [-0.39, 0.29) is 29.1 Å². The number of aromatic amines is 1. The van der Waals surface area contributed by atoms with E-state index in [1.807, 2.05) is 10.8 Å². The highest BCUT2D eigenvalue weighted by Gasteiger charge is 2.47. The zero-order chi connectivity index (χ0) is 23.7. The monoisotopic (exact) mass is 452 g/mol. The maximum absolute atomic E-state index is 13.1. The van der Waals surface area contributed by atoms with Gasteiger partial charge in [0.2, 0.25) is 0 Å². The van der Waals surface area contributed by atoms with Crippen LogP contribution in [0.4, 0.5) is 0 Å². The molecule has 0 bridgehead atoms. The van der Waals surface area contributed by atoms with Crippen molar-refractivity contribution in [3.63, 3.8) is 0 Å². The molecule has 0 aromatic carbocycles. The van der Waals surface area contributed by atoms with Crippen LogP contribution in [0.2, 0.25) is 0 Å². The first kappa shape index (κ1) is 22.1. The Morgan fingerprint density at radius 1 is 1.30 bits per heavy atom. The molecule has 0 radical (unpaired) electrons. The van der Waals surface area contributed by atoms with Gasteiger partial charge in [-0.05, 0) is 38.0 Å². The van der Waals surface area contributed by atoms with Crippen LogP contribution in [0.25, 0.3) is 5.76 Å². The molecule has 1 saturated heterocycles. The van der Waals surface area contributed by atoms with Crippen LogP contribution in [0.3, 0.4) is 0 Å². The first-order chi connectivity index (χ1) is 15.8. The molecule has 10 heteroatoms. The van der Waals surface area contributed by atoms with Crippen molar-refractivity contribution in [3.05, 3.63) is 71.0 Å². The number of likely N-dealkylation sites (tertiary alicyclic amines) is 1. The van der Waals surface area contributed by atoms with Crippen LogP contribution in [0.1, 0.15) is 45.5 Å². The number of furan rings is 1. The number of ether oxygens (including phenoxy) is 1. The summed E-state index contributed by atoms with van der Waals surface area (Å²) in [6, 6.07) is 2.42. The molecule has 0 unspecified atom stereocenters. The molecule has 172 valence electrons. The summed E-state index contributed by atoms with van der Waals surface area (Å²) in [5, 5.41) is 11.3. The number of ketones is 1. The SMILES string of the molecule is COC(=O)c1[nH]c(C)c(C(O)=C2C(=O)C(=O)N(CCCn3ccnc3)[C@H]2c2ccco2)c1C. The molecule has 0 saturated carbocycles. The largest absolute Gasteiger partial charge is 0.507 e. The van der Waals surface area contributed by atoms with E-state index in [0.29, 0.717) is 30.0 Å². The highest BCUT2D eigenvalue weighted by molar-refractivity contribution is 6.46. The Morgan fingerprint density at radius 2 is 2.09 bits per heavy atom. The second-order valence-corrected chi connectivity index (χ2v) is 7.78. The van der Waals surface area contributed by atoms with Gasteiger partial charge in [0.1, 0.15) is 23.3 Å². The number of aromatic nitrogens is 3. The van der Waals surface area contributed by atoms with Gasteiger partial charge in [-0.25, -0.2) is 9.78 Å². The van der Waals surface area contributed by atoms with Gasteiger partial charge in [-0.1, -0.05) is 0 Å². The predicted octanol–water partition coefficient (Wildman–Crippen LogP) is 2.72. The van der Waals surface area contributed by atoms with Crippen LogP contribution in [-0.2, 0) is 20.9 Å². The van der Waals surface area contributed by atoms with E-state index in [1.54, 1.807) is 38.5 Å². The van der Waals surface area contributed by atoms with E-state index in [0.717, 1.165) is 0 Å². The topological polar surface area (TPSA) is 131 Å². The lowest BCUT2D eigenvalue weighted by atomic mass is 9.97. The molecule has 3 aromatic heterocycles. The Balaban J connectivity index is 1.75. The van der Waals surface area contributed by atoms with Gasteiger partial charge >= 0.3 is 5.97 Å². The van der Waals surface area contributed by atoms with Gasteiger partial charge in [0.15, 0.2) is 0 Å². The Hall–Kier alpha value is -4.08. The molecule has 4 rings (SSSR count). The second-order valence-electron chi connectivity index (χ2n) is 7.78. The number of H-pyrrole nitrogens is 1. The number of nitrogens with one attached hydrogen (secondary N) is 1. The molecule has 1 atom stereocenters.